The lowest BCUT2D eigenvalue weighted by molar-refractivity contribution is 0.123. The maximum absolute atomic E-state index is 13.2. The van der Waals surface area contributed by atoms with E-state index in [4.69, 9.17) is 0 Å². The minimum Gasteiger partial charge on any atom is -0.347 e. The Morgan fingerprint density at radius 1 is 0.963 bits per heavy atom. The van der Waals surface area contributed by atoms with Gasteiger partial charge in [-0.15, -0.1) is 0 Å². The van der Waals surface area contributed by atoms with Crippen LogP contribution in [0.2, 0.25) is 0 Å². The van der Waals surface area contributed by atoms with Gasteiger partial charge in [0.1, 0.15) is 5.82 Å². The second-order valence-electron chi connectivity index (χ2n) is 8.13. The van der Waals surface area contributed by atoms with Crippen molar-refractivity contribution in [1.82, 2.24) is 19.8 Å². The first kappa shape index (κ1) is 18.3. The number of aromatic nitrogens is 2. The summed E-state index contributed by atoms with van der Waals surface area (Å²) in [6, 6.07) is 7.50. The molecule has 0 amide bonds. The largest absolute Gasteiger partial charge is 0.347 e. The summed E-state index contributed by atoms with van der Waals surface area (Å²) in [5.41, 5.74) is 2.37. The van der Waals surface area contributed by atoms with Crippen molar-refractivity contribution in [2.45, 2.75) is 32.0 Å². The third kappa shape index (κ3) is 4.45. The number of benzene rings is 1. The number of hydrogen-bond acceptors (Lipinski definition) is 5. The fourth-order valence-corrected chi connectivity index (χ4v) is 4.34. The van der Waals surface area contributed by atoms with Crippen LogP contribution in [0.3, 0.4) is 0 Å². The van der Waals surface area contributed by atoms with Crippen molar-refractivity contribution in [2.75, 3.05) is 38.6 Å². The lowest BCUT2D eigenvalue weighted by Gasteiger charge is -2.36. The quantitative estimate of drug-likeness (QED) is 0.810. The van der Waals surface area contributed by atoms with Crippen molar-refractivity contribution in [1.29, 1.82) is 0 Å². The molecule has 0 aliphatic carbocycles. The maximum Gasteiger partial charge on any atom is 0.224 e. The highest BCUT2D eigenvalue weighted by Crippen LogP contribution is 2.30. The second kappa shape index (κ2) is 7.90. The van der Waals surface area contributed by atoms with Crippen molar-refractivity contribution in [3.8, 4) is 0 Å². The molecule has 1 aromatic heterocycles. The zero-order valence-corrected chi connectivity index (χ0v) is 16.2. The molecule has 4 heterocycles. The molecule has 2 bridgehead atoms. The van der Waals surface area contributed by atoms with Crippen LogP contribution in [-0.4, -0.2) is 59.5 Å². The molecule has 6 heteroatoms. The fraction of sp³-hybridized carbons (Fsp3) is 0.524. The summed E-state index contributed by atoms with van der Waals surface area (Å²) in [5.74, 6) is 1.29. The van der Waals surface area contributed by atoms with Gasteiger partial charge in [-0.25, -0.2) is 14.4 Å². The van der Waals surface area contributed by atoms with Crippen molar-refractivity contribution in [3.63, 3.8) is 0 Å². The molecular weight excluding hydrogens is 341 g/mol. The first-order valence-electron chi connectivity index (χ1n) is 9.76. The van der Waals surface area contributed by atoms with Gasteiger partial charge >= 0.3 is 0 Å². The molecule has 0 radical (unpaired) electrons. The number of nitrogens with zero attached hydrogens (tertiary/aromatic N) is 5. The van der Waals surface area contributed by atoms with Crippen LogP contribution in [0.25, 0.3) is 0 Å². The number of fused-ring (bicyclic) bond motifs is 4. The molecule has 0 unspecified atom stereocenters. The monoisotopic (exact) mass is 369 g/mol. The summed E-state index contributed by atoms with van der Waals surface area (Å²) < 4.78 is 13.2. The molecule has 5 nitrogen and oxygen atoms in total. The third-order valence-electron chi connectivity index (χ3n) is 5.70. The van der Waals surface area contributed by atoms with Crippen molar-refractivity contribution in [3.05, 3.63) is 53.6 Å². The van der Waals surface area contributed by atoms with Gasteiger partial charge in [0, 0.05) is 70.8 Å². The first-order valence-corrected chi connectivity index (χ1v) is 9.76. The Morgan fingerprint density at radius 2 is 1.70 bits per heavy atom. The normalized spacial score (nSPS) is 23.4. The molecule has 3 saturated heterocycles. The summed E-state index contributed by atoms with van der Waals surface area (Å²) in [6.45, 7) is 5.16. The van der Waals surface area contributed by atoms with Gasteiger partial charge in [0.25, 0.3) is 0 Å². The third-order valence-corrected chi connectivity index (χ3v) is 5.70. The highest BCUT2D eigenvalue weighted by atomic mass is 19.1. The van der Waals surface area contributed by atoms with E-state index < -0.39 is 0 Å². The van der Waals surface area contributed by atoms with Crippen LogP contribution >= 0.6 is 0 Å². The Balaban J connectivity index is 1.41. The topological polar surface area (TPSA) is 35.5 Å². The standard InChI is InChI=1S/C21H28FN5/c1-25(2)21-23-9-18(10-24-21)14-27-13-17-5-8-20(27)15-26(12-17)11-16-3-6-19(22)7-4-16/h3-4,6-7,9-10,17,20H,5,8,11-15H2,1-2H3/t17-,20+/m0/s1. The molecule has 5 rings (SSSR count). The molecular formula is C21H28FN5. The highest BCUT2D eigenvalue weighted by molar-refractivity contribution is 5.26. The van der Waals surface area contributed by atoms with Gasteiger partial charge < -0.3 is 4.90 Å². The SMILES string of the molecule is CN(C)c1ncc(CN2C[C@H]3CC[C@@H]2CN(Cc2ccc(F)cc2)C3)cn1. The lowest BCUT2D eigenvalue weighted by Crippen LogP contribution is -2.43. The zero-order valence-electron chi connectivity index (χ0n) is 16.2. The highest BCUT2D eigenvalue weighted by Gasteiger charge is 2.34. The van der Waals surface area contributed by atoms with E-state index in [0.29, 0.717) is 12.0 Å². The van der Waals surface area contributed by atoms with Gasteiger partial charge in [0.15, 0.2) is 0 Å². The van der Waals surface area contributed by atoms with E-state index in [1.54, 1.807) is 12.1 Å². The van der Waals surface area contributed by atoms with Gasteiger partial charge in [-0.3, -0.25) is 9.80 Å². The van der Waals surface area contributed by atoms with Crippen LogP contribution in [0.5, 0.6) is 0 Å². The number of rotatable bonds is 5. The van der Waals surface area contributed by atoms with Crippen molar-refractivity contribution >= 4 is 5.95 Å². The van der Waals surface area contributed by atoms with Gasteiger partial charge in [-0.2, -0.15) is 0 Å². The van der Waals surface area contributed by atoms with E-state index in [2.05, 4.69) is 19.8 Å². The molecule has 2 aromatic rings. The predicted molar refractivity (Wildman–Crippen MR) is 105 cm³/mol. The Hall–Kier alpha value is -2.05. The number of hydrogen-bond donors (Lipinski definition) is 0. The summed E-state index contributed by atoms with van der Waals surface area (Å²) in [6.07, 6.45) is 6.47. The Bertz CT molecular complexity index is 746. The van der Waals surface area contributed by atoms with Crippen LogP contribution in [0.1, 0.15) is 24.0 Å². The van der Waals surface area contributed by atoms with Crippen molar-refractivity contribution in [2.24, 2.45) is 5.92 Å². The van der Waals surface area contributed by atoms with Gasteiger partial charge in [0.2, 0.25) is 5.95 Å². The molecule has 0 spiro atoms. The van der Waals surface area contributed by atoms with E-state index in [0.717, 1.165) is 38.7 Å². The van der Waals surface area contributed by atoms with Crippen LogP contribution in [0, 0.1) is 11.7 Å². The zero-order chi connectivity index (χ0) is 18.8. The molecule has 144 valence electrons. The number of piperidine rings is 1. The summed E-state index contributed by atoms with van der Waals surface area (Å²) in [4.78, 5) is 16.0. The van der Waals surface area contributed by atoms with E-state index in [1.165, 1.54) is 24.0 Å². The average Bonchev–Trinajstić information content (AvgIpc) is 2.95. The molecule has 27 heavy (non-hydrogen) atoms. The van der Waals surface area contributed by atoms with E-state index in [1.807, 2.05) is 43.5 Å². The van der Waals surface area contributed by atoms with Gasteiger partial charge in [-0.1, -0.05) is 12.1 Å². The minimum absolute atomic E-state index is 0.164. The lowest BCUT2D eigenvalue weighted by atomic mass is 9.95. The van der Waals surface area contributed by atoms with Crippen LogP contribution in [-0.2, 0) is 13.1 Å². The molecule has 0 N–H and O–H groups in total. The molecule has 2 atom stereocenters. The van der Waals surface area contributed by atoms with Crippen LogP contribution in [0.15, 0.2) is 36.7 Å². The van der Waals surface area contributed by atoms with Crippen LogP contribution in [0.4, 0.5) is 10.3 Å². The van der Waals surface area contributed by atoms with Crippen molar-refractivity contribution < 1.29 is 4.39 Å². The molecule has 0 saturated carbocycles. The maximum atomic E-state index is 13.2. The fourth-order valence-electron chi connectivity index (χ4n) is 4.34. The number of halogens is 1. The minimum atomic E-state index is -0.164. The predicted octanol–water partition coefficient (Wildman–Crippen LogP) is 2.78. The van der Waals surface area contributed by atoms with Gasteiger partial charge in [-0.05, 0) is 36.5 Å². The van der Waals surface area contributed by atoms with Gasteiger partial charge in [0.05, 0.1) is 0 Å². The second-order valence-corrected chi connectivity index (χ2v) is 8.13. The average molecular weight is 369 g/mol. The van der Waals surface area contributed by atoms with E-state index in [-0.39, 0.29) is 5.82 Å². The first-order chi connectivity index (χ1) is 13.1. The Kier molecular flexibility index (Phi) is 5.36. The molecule has 3 aliphatic rings. The Labute approximate surface area is 160 Å². The molecule has 3 fully saturated rings. The van der Waals surface area contributed by atoms with E-state index in [9.17, 15) is 4.39 Å². The number of anilines is 1. The molecule has 3 aliphatic heterocycles. The summed E-state index contributed by atoms with van der Waals surface area (Å²) in [5, 5.41) is 0. The summed E-state index contributed by atoms with van der Waals surface area (Å²) in [7, 11) is 3.91. The molecule has 1 aromatic carbocycles. The van der Waals surface area contributed by atoms with Crippen LogP contribution < -0.4 is 4.90 Å². The van der Waals surface area contributed by atoms with E-state index >= 15 is 0 Å². The summed E-state index contributed by atoms with van der Waals surface area (Å²) >= 11 is 0. The smallest absolute Gasteiger partial charge is 0.224 e. The Morgan fingerprint density at radius 3 is 2.41 bits per heavy atom.